The highest BCUT2D eigenvalue weighted by molar-refractivity contribution is 5.87. The minimum absolute atomic E-state index is 0.174. The summed E-state index contributed by atoms with van der Waals surface area (Å²) >= 11 is 0. The van der Waals surface area contributed by atoms with Crippen LogP contribution in [0.25, 0.3) is 10.8 Å². The molecule has 1 aromatic carbocycles. The number of hydrogen-bond acceptors (Lipinski definition) is 2. The quantitative estimate of drug-likeness (QED) is 0.727. The topological polar surface area (TPSA) is 65.7 Å². The van der Waals surface area contributed by atoms with E-state index in [1.165, 1.54) is 0 Å². The molecule has 0 atom stereocenters. The van der Waals surface area contributed by atoms with Gasteiger partial charge in [0.15, 0.2) is 0 Å². The zero-order valence-electron chi connectivity index (χ0n) is 10.5. The smallest absolute Gasteiger partial charge is 0.267 e. The van der Waals surface area contributed by atoms with E-state index < -0.39 is 0 Å². The second-order valence-corrected chi connectivity index (χ2v) is 5.34. The van der Waals surface area contributed by atoms with Gasteiger partial charge in [-0.05, 0) is 23.5 Å². The highest BCUT2D eigenvalue weighted by Crippen LogP contribution is 2.27. The summed E-state index contributed by atoms with van der Waals surface area (Å²) in [6, 6.07) is 3.81. The van der Waals surface area contributed by atoms with E-state index in [0.717, 1.165) is 11.1 Å². The van der Waals surface area contributed by atoms with Gasteiger partial charge in [-0.25, -0.2) is 0 Å². The lowest BCUT2D eigenvalue weighted by Gasteiger charge is -2.21. The first-order valence-corrected chi connectivity index (χ1v) is 5.57. The predicted octanol–water partition coefficient (Wildman–Crippen LogP) is 1.82. The summed E-state index contributed by atoms with van der Waals surface area (Å²) in [6.07, 6.45) is 0. The van der Waals surface area contributed by atoms with Crippen molar-refractivity contribution in [3.05, 3.63) is 44.0 Å². The van der Waals surface area contributed by atoms with Crippen molar-refractivity contribution >= 4 is 10.8 Å². The maximum atomic E-state index is 11.9. The molecular weight excluding hydrogens is 216 g/mol. The number of nitrogens with one attached hydrogen (secondary N) is 2. The Morgan fingerprint density at radius 2 is 1.47 bits per heavy atom. The van der Waals surface area contributed by atoms with E-state index in [0.29, 0.717) is 10.8 Å². The molecule has 17 heavy (non-hydrogen) atoms. The Morgan fingerprint density at radius 1 is 0.941 bits per heavy atom. The van der Waals surface area contributed by atoms with Crippen LogP contribution >= 0.6 is 0 Å². The van der Waals surface area contributed by atoms with Gasteiger partial charge in [0.25, 0.3) is 11.1 Å². The van der Waals surface area contributed by atoms with Crippen molar-refractivity contribution in [1.29, 1.82) is 0 Å². The molecule has 0 aliphatic carbocycles. The molecule has 2 aromatic rings. The summed E-state index contributed by atoms with van der Waals surface area (Å²) in [4.78, 5) is 23.7. The average Bonchev–Trinajstić information content (AvgIpc) is 2.22. The van der Waals surface area contributed by atoms with Crippen LogP contribution in [0.4, 0.5) is 0 Å². The van der Waals surface area contributed by atoms with Gasteiger partial charge in [0.1, 0.15) is 0 Å². The molecule has 90 valence electrons. The molecule has 0 amide bonds. The molecule has 0 aliphatic rings. The summed E-state index contributed by atoms with van der Waals surface area (Å²) in [5, 5.41) is 5.75. The number of aryl methyl sites for hydroxylation is 1. The van der Waals surface area contributed by atoms with Crippen LogP contribution in [-0.4, -0.2) is 10.2 Å². The molecule has 0 saturated carbocycles. The molecule has 4 nitrogen and oxygen atoms in total. The maximum Gasteiger partial charge on any atom is 0.270 e. The molecule has 0 fully saturated rings. The molecule has 0 bridgehead atoms. The van der Waals surface area contributed by atoms with E-state index in [1.807, 2.05) is 39.8 Å². The SMILES string of the molecule is Cc1ccc(C(C)(C)C)c2c(=O)[nH][nH]c(=O)c12. The fourth-order valence-corrected chi connectivity index (χ4v) is 2.10. The highest BCUT2D eigenvalue weighted by atomic mass is 16.1. The van der Waals surface area contributed by atoms with Gasteiger partial charge in [0, 0.05) is 0 Å². The molecule has 0 radical (unpaired) electrons. The van der Waals surface area contributed by atoms with Gasteiger partial charge in [0.2, 0.25) is 0 Å². The second kappa shape index (κ2) is 3.58. The van der Waals surface area contributed by atoms with Crippen LogP contribution in [0.2, 0.25) is 0 Å². The van der Waals surface area contributed by atoms with Crippen molar-refractivity contribution in [1.82, 2.24) is 10.2 Å². The number of fused-ring (bicyclic) bond motifs is 1. The van der Waals surface area contributed by atoms with Crippen LogP contribution in [-0.2, 0) is 5.41 Å². The van der Waals surface area contributed by atoms with Gasteiger partial charge in [-0.2, -0.15) is 0 Å². The lowest BCUT2D eigenvalue weighted by Crippen LogP contribution is -2.24. The lowest BCUT2D eigenvalue weighted by atomic mass is 9.83. The van der Waals surface area contributed by atoms with Gasteiger partial charge in [-0.15, -0.1) is 0 Å². The van der Waals surface area contributed by atoms with E-state index in [-0.39, 0.29) is 16.5 Å². The Balaban J connectivity index is 3.11. The maximum absolute atomic E-state index is 11.9. The Hall–Kier alpha value is -1.84. The van der Waals surface area contributed by atoms with E-state index in [1.54, 1.807) is 0 Å². The number of H-pyrrole nitrogens is 2. The highest BCUT2D eigenvalue weighted by Gasteiger charge is 2.20. The summed E-state index contributed by atoms with van der Waals surface area (Å²) in [5.41, 5.74) is 1.05. The third kappa shape index (κ3) is 1.79. The first-order valence-electron chi connectivity index (χ1n) is 5.57. The monoisotopic (exact) mass is 232 g/mol. The zero-order valence-corrected chi connectivity index (χ0v) is 10.5. The Kier molecular flexibility index (Phi) is 2.45. The van der Waals surface area contributed by atoms with Gasteiger partial charge in [-0.3, -0.25) is 19.8 Å². The van der Waals surface area contributed by atoms with Crippen LogP contribution in [0.1, 0.15) is 31.9 Å². The van der Waals surface area contributed by atoms with Crippen LogP contribution < -0.4 is 11.1 Å². The standard InChI is InChI=1S/C13H16N2O2/c1-7-5-6-8(13(2,3)4)10-9(7)11(16)14-15-12(10)17/h5-6H,1-4H3,(H,14,16)(H,15,17). The third-order valence-electron chi connectivity index (χ3n) is 2.97. The normalized spacial score (nSPS) is 12.0. The number of aromatic amines is 2. The second-order valence-electron chi connectivity index (χ2n) is 5.34. The summed E-state index contributed by atoms with van der Waals surface area (Å²) in [6.45, 7) is 7.91. The molecule has 0 aliphatic heterocycles. The van der Waals surface area contributed by atoms with Gasteiger partial charge >= 0.3 is 0 Å². The van der Waals surface area contributed by atoms with Crippen molar-refractivity contribution in [2.45, 2.75) is 33.1 Å². The molecule has 4 heteroatoms. The van der Waals surface area contributed by atoms with Gasteiger partial charge < -0.3 is 0 Å². The van der Waals surface area contributed by atoms with Crippen LogP contribution in [0.15, 0.2) is 21.7 Å². The Bertz CT molecular complexity index is 687. The van der Waals surface area contributed by atoms with Crippen LogP contribution in [0.5, 0.6) is 0 Å². The van der Waals surface area contributed by atoms with Gasteiger partial charge in [-0.1, -0.05) is 32.9 Å². The molecule has 1 heterocycles. The fourth-order valence-electron chi connectivity index (χ4n) is 2.10. The van der Waals surface area contributed by atoms with E-state index in [9.17, 15) is 9.59 Å². The van der Waals surface area contributed by atoms with E-state index in [4.69, 9.17) is 0 Å². The summed E-state index contributed by atoms with van der Waals surface area (Å²) < 4.78 is 0. The number of rotatable bonds is 0. The van der Waals surface area contributed by atoms with Crippen LogP contribution in [0, 0.1) is 6.92 Å². The van der Waals surface area contributed by atoms with Crippen molar-refractivity contribution < 1.29 is 0 Å². The summed E-state index contributed by atoms with van der Waals surface area (Å²) in [5.74, 6) is 0. The van der Waals surface area contributed by atoms with Crippen molar-refractivity contribution in [2.75, 3.05) is 0 Å². The fraction of sp³-hybridized carbons (Fsp3) is 0.385. The minimum Gasteiger partial charge on any atom is -0.267 e. The Labute approximate surface area is 98.7 Å². The van der Waals surface area contributed by atoms with E-state index >= 15 is 0 Å². The van der Waals surface area contributed by atoms with Gasteiger partial charge in [0.05, 0.1) is 10.8 Å². The summed E-state index contributed by atoms with van der Waals surface area (Å²) in [7, 11) is 0. The molecule has 0 saturated heterocycles. The molecular formula is C13H16N2O2. The van der Waals surface area contributed by atoms with E-state index in [2.05, 4.69) is 10.2 Å². The first kappa shape index (κ1) is 11.6. The Morgan fingerprint density at radius 3 is 2.00 bits per heavy atom. The molecule has 0 spiro atoms. The minimum atomic E-state index is -0.247. The molecule has 2 N–H and O–H groups in total. The van der Waals surface area contributed by atoms with Crippen LogP contribution in [0.3, 0.4) is 0 Å². The zero-order chi connectivity index (χ0) is 12.8. The number of aromatic nitrogens is 2. The average molecular weight is 232 g/mol. The molecule has 0 unspecified atom stereocenters. The number of benzene rings is 1. The number of hydrogen-bond donors (Lipinski definition) is 2. The first-order chi connectivity index (χ1) is 7.82. The lowest BCUT2D eigenvalue weighted by molar-refractivity contribution is 0.595. The van der Waals surface area contributed by atoms with Crippen molar-refractivity contribution in [3.63, 3.8) is 0 Å². The predicted molar refractivity (Wildman–Crippen MR) is 68.6 cm³/mol. The molecule has 2 rings (SSSR count). The molecule has 1 aromatic heterocycles. The van der Waals surface area contributed by atoms with Crippen molar-refractivity contribution in [2.24, 2.45) is 0 Å². The third-order valence-corrected chi connectivity index (χ3v) is 2.97. The van der Waals surface area contributed by atoms with Crippen molar-refractivity contribution in [3.8, 4) is 0 Å². The largest absolute Gasteiger partial charge is 0.270 e.